The van der Waals surface area contributed by atoms with Gasteiger partial charge in [-0.25, -0.2) is 0 Å². The summed E-state index contributed by atoms with van der Waals surface area (Å²) in [6.45, 7) is 0.372. The Morgan fingerprint density at radius 3 is 2.00 bits per heavy atom. The molecule has 0 saturated heterocycles. The molecular formula is C8H15BO. The Kier molecular flexibility index (Phi) is 3.27. The van der Waals surface area contributed by atoms with E-state index in [0.29, 0.717) is 12.5 Å². The minimum atomic E-state index is 0.372. The maximum absolute atomic E-state index is 8.82. The van der Waals surface area contributed by atoms with E-state index in [2.05, 4.69) is 0 Å². The maximum atomic E-state index is 8.82. The Balaban J connectivity index is 2.17. The summed E-state index contributed by atoms with van der Waals surface area (Å²) in [5.74, 6) is 1.31. The first-order chi connectivity index (χ1) is 4.86. The maximum Gasteiger partial charge on any atom is 0.0656 e. The summed E-state index contributed by atoms with van der Waals surface area (Å²) in [5.41, 5.74) is 0. The van der Waals surface area contributed by atoms with E-state index >= 15 is 0 Å². The summed E-state index contributed by atoms with van der Waals surface area (Å²) in [6.07, 6.45) is 5.64. The molecule has 2 heteroatoms. The summed E-state index contributed by atoms with van der Waals surface area (Å²) < 4.78 is 0. The molecule has 0 spiro atoms. The van der Waals surface area contributed by atoms with E-state index < -0.39 is 0 Å². The predicted molar refractivity (Wildman–Crippen MR) is 43.1 cm³/mol. The molecule has 0 heterocycles. The smallest absolute Gasteiger partial charge is 0.0656 e. The van der Waals surface area contributed by atoms with Crippen molar-refractivity contribution in [2.24, 2.45) is 11.8 Å². The summed E-state index contributed by atoms with van der Waals surface area (Å²) in [5, 5.41) is 8.82. The monoisotopic (exact) mass is 138 g/mol. The van der Waals surface area contributed by atoms with Gasteiger partial charge in [0.15, 0.2) is 0 Å². The molecule has 0 unspecified atom stereocenters. The van der Waals surface area contributed by atoms with Crippen LogP contribution in [-0.4, -0.2) is 19.6 Å². The van der Waals surface area contributed by atoms with Crippen LogP contribution in [0.15, 0.2) is 0 Å². The Morgan fingerprint density at radius 2 is 1.60 bits per heavy atom. The van der Waals surface area contributed by atoms with E-state index in [1.54, 1.807) is 0 Å². The molecule has 0 aromatic carbocycles. The van der Waals surface area contributed by atoms with Gasteiger partial charge >= 0.3 is 0 Å². The standard InChI is InChI=1S/C8H15BO/c9-5-7-1-3-8(6-10)4-2-7/h7-8,10H,1-6H2. The van der Waals surface area contributed by atoms with Crippen LogP contribution in [-0.2, 0) is 0 Å². The lowest BCUT2D eigenvalue weighted by Crippen LogP contribution is -2.16. The molecule has 0 atom stereocenters. The average Bonchev–Trinajstić information content (AvgIpc) is 2.05. The Labute approximate surface area is 64.2 Å². The normalized spacial score (nSPS) is 34.1. The van der Waals surface area contributed by atoms with Crippen molar-refractivity contribution >= 4 is 7.85 Å². The molecule has 0 aliphatic heterocycles. The minimum Gasteiger partial charge on any atom is -0.396 e. The molecule has 2 radical (unpaired) electrons. The van der Waals surface area contributed by atoms with Crippen LogP contribution in [0.5, 0.6) is 0 Å². The van der Waals surface area contributed by atoms with Crippen LogP contribution < -0.4 is 0 Å². The van der Waals surface area contributed by atoms with E-state index in [1.807, 2.05) is 0 Å². The molecule has 56 valence electrons. The Bertz CT molecular complexity index is 75.3. The third-order valence-corrected chi connectivity index (χ3v) is 2.56. The highest BCUT2D eigenvalue weighted by Gasteiger charge is 2.18. The second-order valence-corrected chi connectivity index (χ2v) is 3.31. The zero-order valence-electron chi connectivity index (χ0n) is 6.42. The quantitative estimate of drug-likeness (QED) is 0.571. The Morgan fingerprint density at radius 1 is 1.10 bits per heavy atom. The zero-order chi connectivity index (χ0) is 7.40. The highest BCUT2D eigenvalue weighted by Crippen LogP contribution is 2.29. The first-order valence-electron chi connectivity index (χ1n) is 4.17. The summed E-state index contributed by atoms with van der Waals surface area (Å²) >= 11 is 0. The van der Waals surface area contributed by atoms with E-state index in [9.17, 15) is 0 Å². The molecule has 0 aromatic heterocycles. The summed E-state index contributed by atoms with van der Waals surface area (Å²) in [4.78, 5) is 0. The van der Waals surface area contributed by atoms with Gasteiger partial charge in [-0.2, -0.15) is 0 Å². The number of rotatable bonds is 2. The van der Waals surface area contributed by atoms with Gasteiger partial charge in [-0.05, 0) is 24.7 Å². The van der Waals surface area contributed by atoms with Gasteiger partial charge in [0.2, 0.25) is 0 Å². The van der Waals surface area contributed by atoms with Gasteiger partial charge in [0, 0.05) is 6.61 Å². The second-order valence-electron chi connectivity index (χ2n) is 3.31. The first-order valence-corrected chi connectivity index (χ1v) is 4.17. The molecule has 10 heavy (non-hydrogen) atoms. The van der Waals surface area contributed by atoms with Crippen molar-refractivity contribution in [3.05, 3.63) is 0 Å². The number of aliphatic hydroxyl groups is 1. The van der Waals surface area contributed by atoms with E-state index in [0.717, 1.165) is 12.2 Å². The molecule has 1 fully saturated rings. The molecule has 0 bridgehead atoms. The molecule has 0 aromatic rings. The van der Waals surface area contributed by atoms with Crippen molar-refractivity contribution in [1.29, 1.82) is 0 Å². The van der Waals surface area contributed by atoms with Gasteiger partial charge in [0.25, 0.3) is 0 Å². The fourth-order valence-corrected chi connectivity index (χ4v) is 1.65. The van der Waals surface area contributed by atoms with Gasteiger partial charge in [-0.3, -0.25) is 0 Å². The summed E-state index contributed by atoms with van der Waals surface area (Å²) in [7, 11) is 5.53. The van der Waals surface area contributed by atoms with Crippen molar-refractivity contribution in [2.45, 2.75) is 32.0 Å². The lowest BCUT2D eigenvalue weighted by atomic mass is 9.76. The average molecular weight is 138 g/mol. The Hall–Kier alpha value is 0.0249. The second kappa shape index (κ2) is 4.02. The fourth-order valence-electron chi connectivity index (χ4n) is 1.65. The molecule has 1 aliphatic carbocycles. The third-order valence-electron chi connectivity index (χ3n) is 2.56. The number of hydrogen-bond donors (Lipinski definition) is 1. The molecule has 1 N–H and O–H groups in total. The van der Waals surface area contributed by atoms with Gasteiger partial charge in [0.05, 0.1) is 7.85 Å². The minimum absolute atomic E-state index is 0.372. The molecule has 1 saturated carbocycles. The van der Waals surface area contributed by atoms with Crippen LogP contribution >= 0.6 is 0 Å². The van der Waals surface area contributed by atoms with E-state index in [-0.39, 0.29) is 0 Å². The van der Waals surface area contributed by atoms with E-state index in [1.165, 1.54) is 25.7 Å². The topological polar surface area (TPSA) is 20.2 Å². The number of aliphatic hydroxyl groups excluding tert-OH is 1. The van der Waals surface area contributed by atoms with Crippen LogP contribution in [0.25, 0.3) is 0 Å². The van der Waals surface area contributed by atoms with Gasteiger partial charge < -0.3 is 5.11 Å². The SMILES string of the molecule is [B]CC1CCC(CO)CC1. The molecule has 1 nitrogen and oxygen atoms in total. The predicted octanol–water partition coefficient (Wildman–Crippen LogP) is 1.37. The van der Waals surface area contributed by atoms with Crippen LogP contribution in [0.3, 0.4) is 0 Å². The lowest BCUT2D eigenvalue weighted by Gasteiger charge is -2.26. The van der Waals surface area contributed by atoms with Crippen molar-refractivity contribution in [3.8, 4) is 0 Å². The molecule has 1 rings (SSSR count). The highest BCUT2D eigenvalue weighted by molar-refractivity contribution is 6.08. The van der Waals surface area contributed by atoms with Gasteiger partial charge in [-0.15, -0.1) is 0 Å². The van der Waals surface area contributed by atoms with Crippen molar-refractivity contribution in [1.82, 2.24) is 0 Å². The first kappa shape index (κ1) is 8.12. The lowest BCUT2D eigenvalue weighted by molar-refractivity contribution is 0.172. The van der Waals surface area contributed by atoms with Crippen molar-refractivity contribution in [3.63, 3.8) is 0 Å². The molecule has 0 amide bonds. The third kappa shape index (κ3) is 2.01. The van der Waals surface area contributed by atoms with Gasteiger partial charge in [0.1, 0.15) is 0 Å². The van der Waals surface area contributed by atoms with Gasteiger partial charge in [-0.1, -0.05) is 19.2 Å². The van der Waals surface area contributed by atoms with Crippen LogP contribution in [0.2, 0.25) is 6.32 Å². The van der Waals surface area contributed by atoms with Crippen LogP contribution in [0, 0.1) is 11.8 Å². The largest absolute Gasteiger partial charge is 0.396 e. The van der Waals surface area contributed by atoms with Crippen LogP contribution in [0.4, 0.5) is 0 Å². The number of hydrogen-bond acceptors (Lipinski definition) is 1. The van der Waals surface area contributed by atoms with Crippen LogP contribution in [0.1, 0.15) is 25.7 Å². The van der Waals surface area contributed by atoms with E-state index in [4.69, 9.17) is 13.0 Å². The molecular weight excluding hydrogens is 123 g/mol. The fraction of sp³-hybridized carbons (Fsp3) is 1.00. The highest BCUT2D eigenvalue weighted by atomic mass is 16.3. The molecule has 1 aliphatic rings. The summed E-state index contributed by atoms with van der Waals surface area (Å²) in [6, 6.07) is 0. The van der Waals surface area contributed by atoms with Crippen molar-refractivity contribution in [2.75, 3.05) is 6.61 Å². The van der Waals surface area contributed by atoms with Crippen molar-refractivity contribution < 1.29 is 5.11 Å². The zero-order valence-corrected chi connectivity index (χ0v) is 6.42.